The molecule has 0 bridgehead atoms. The van der Waals surface area contributed by atoms with E-state index >= 15 is 0 Å². The first-order chi connectivity index (χ1) is 11.1. The monoisotopic (exact) mass is 357 g/mol. The third-order valence-corrected chi connectivity index (χ3v) is 4.37. The maximum Gasteiger partial charge on any atom is 0.323 e. The van der Waals surface area contributed by atoms with Gasteiger partial charge in [-0.25, -0.2) is 0 Å². The molecule has 6 heteroatoms. The molecule has 2 rings (SSSR count). The SMILES string of the molecule is COCC[C@H]1OCC[C@H](N)C(=O)O[C@@H](C)[C@@H]1Cc1ccccc1.Cl. The summed E-state index contributed by atoms with van der Waals surface area (Å²) < 4.78 is 16.9. The number of rotatable bonds is 5. The van der Waals surface area contributed by atoms with Crippen molar-refractivity contribution in [1.82, 2.24) is 0 Å². The van der Waals surface area contributed by atoms with Crippen molar-refractivity contribution in [2.45, 2.75) is 44.4 Å². The van der Waals surface area contributed by atoms with E-state index in [1.807, 2.05) is 25.1 Å². The maximum absolute atomic E-state index is 12.0. The van der Waals surface area contributed by atoms with Crippen LogP contribution < -0.4 is 5.73 Å². The first kappa shape index (κ1) is 20.9. The van der Waals surface area contributed by atoms with Gasteiger partial charge in [-0.3, -0.25) is 4.79 Å². The number of benzene rings is 1. The van der Waals surface area contributed by atoms with E-state index in [9.17, 15) is 4.79 Å². The quantitative estimate of drug-likeness (QED) is 0.819. The van der Waals surface area contributed by atoms with Crippen LogP contribution in [0.5, 0.6) is 0 Å². The Bertz CT molecular complexity index is 485. The Morgan fingerprint density at radius 3 is 2.67 bits per heavy atom. The molecule has 0 unspecified atom stereocenters. The van der Waals surface area contributed by atoms with Crippen molar-refractivity contribution in [2.75, 3.05) is 20.3 Å². The minimum Gasteiger partial charge on any atom is -0.461 e. The predicted octanol–water partition coefficient (Wildman–Crippen LogP) is 2.35. The van der Waals surface area contributed by atoms with Crippen LogP contribution >= 0.6 is 12.4 Å². The molecule has 24 heavy (non-hydrogen) atoms. The molecule has 136 valence electrons. The highest BCUT2D eigenvalue weighted by Crippen LogP contribution is 2.25. The number of nitrogens with two attached hydrogens (primary N) is 1. The molecule has 1 heterocycles. The summed E-state index contributed by atoms with van der Waals surface area (Å²) in [5.41, 5.74) is 7.05. The summed E-state index contributed by atoms with van der Waals surface area (Å²) >= 11 is 0. The molecule has 0 saturated carbocycles. The fourth-order valence-corrected chi connectivity index (χ4v) is 2.96. The molecule has 0 aromatic heterocycles. The first-order valence-corrected chi connectivity index (χ1v) is 8.22. The van der Waals surface area contributed by atoms with E-state index in [1.165, 1.54) is 5.56 Å². The number of hydrogen-bond acceptors (Lipinski definition) is 5. The molecule has 0 radical (unpaired) electrons. The molecule has 0 amide bonds. The second-order valence-electron chi connectivity index (χ2n) is 6.08. The average molecular weight is 358 g/mol. The van der Waals surface area contributed by atoms with Gasteiger partial charge in [-0.15, -0.1) is 12.4 Å². The summed E-state index contributed by atoms with van der Waals surface area (Å²) in [4.78, 5) is 12.0. The number of halogens is 1. The summed E-state index contributed by atoms with van der Waals surface area (Å²) in [6.07, 6.45) is 1.76. The Kier molecular flexibility index (Phi) is 9.29. The predicted molar refractivity (Wildman–Crippen MR) is 95.3 cm³/mol. The zero-order valence-corrected chi connectivity index (χ0v) is 15.2. The van der Waals surface area contributed by atoms with Crippen molar-refractivity contribution >= 4 is 18.4 Å². The molecule has 0 spiro atoms. The van der Waals surface area contributed by atoms with Crippen LogP contribution in [0.1, 0.15) is 25.3 Å². The van der Waals surface area contributed by atoms with E-state index < -0.39 is 6.04 Å². The second kappa shape index (κ2) is 10.7. The highest BCUT2D eigenvalue weighted by molar-refractivity contribution is 5.85. The molecule has 1 aromatic carbocycles. The molecule has 1 aliphatic rings. The van der Waals surface area contributed by atoms with Gasteiger partial charge < -0.3 is 19.9 Å². The minimum absolute atomic E-state index is 0. The van der Waals surface area contributed by atoms with Crippen molar-refractivity contribution in [3.05, 3.63) is 35.9 Å². The summed E-state index contributed by atoms with van der Waals surface area (Å²) in [5, 5.41) is 0. The molecular formula is C18H28ClNO4. The number of carbonyl (C=O) groups is 1. The lowest BCUT2D eigenvalue weighted by atomic mass is 9.88. The number of cyclic esters (lactones) is 1. The van der Waals surface area contributed by atoms with Crippen molar-refractivity contribution in [1.29, 1.82) is 0 Å². The van der Waals surface area contributed by atoms with Crippen LogP contribution in [0.4, 0.5) is 0 Å². The number of carbonyl (C=O) groups excluding carboxylic acids is 1. The second-order valence-corrected chi connectivity index (χ2v) is 6.08. The van der Waals surface area contributed by atoms with Crippen LogP contribution in [0, 0.1) is 5.92 Å². The molecule has 1 saturated heterocycles. The molecule has 4 atom stereocenters. The lowest BCUT2D eigenvalue weighted by Gasteiger charge is -2.31. The fourth-order valence-electron chi connectivity index (χ4n) is 2.96. The van der Waals surface area contributed by atoms with Crippen molar-refractivity contribution in [3.8, 4) is 0 Å². The van der Waals surface area contributed by atoms with Crippen LogP contribution in [0.25, 0.3) is 0 Å². The Hall–Kier alpha value is -1.14. The van der Waals surface area contributed by atoms with E-state index in [1.54, 1.807) is 7.11 Å². The van der Waals surface area contributed by atoms with Crippen LogP contribution in [-0.4, -0.2) is 44.5 Å². The fraction of sp³-hybridized carbons (Fsp3) is 0.611. The highest BCUT2D eigenvalue weighted by Gasteiger charge is 2.33. The third kappa shape index (κ3) is 6.06. The third-order valence-electron chi connectivity index (χ3n) is 4.37. The zero-order chi connectivity index (χ0) is 16.7. The maximum atomic E-state index is 12.0. The summed E-state index contributed by atoms with van der Waals surface area (Å²) in [7, 11) is 1.68. The van der Waals surface area contributed by atoms with Crippen molar-refractivity contribution in [2.24, 2.45) is 11.7 Å². The van der Waals surface area contributed by atoms with Crippen LogP contribution in [0.15, 0.2) is 30.3 Å². The van der Waals surface area contributed by atoms with Gasteiger partial charge in [0.05, 0.1) is 6.10 Å². The van der Waals surface area contributed by atoms with E-state index in [0.717, 1.165) is 12.8 Å². The van der Waals surface area contributed by atoms with Gasteiger partial charge in [-0.1, -0.05) is 30.3 Å². The Morgan fingerprint density at radius 2 is 2.00 bits per heavy atom. The Labute approximate surface area is 150 Å². The van der Waals surface area contributed by atoms with Gasteiger partial charge in [-0.2, -0.15) is 0 Å². The topological polar surface area (TPSA) is 70.8 Å². The van der Waals surface area contributed by atoms with E-state index in [4.69, 9.17) is 19.9 Å². The number of hydrogen-bond donors (Lipinski definition) is 1. The highest BCUT2D eigenvalue weighted by atomic mass is 35.5. The largest absolute Gasteiger partial charge is 0.461 e. The summed E-state index contributed by atoms with van der Waals surface area (Å²) in [6, 6.07) is 9.58. The molecule has 2 N–H and O–H groups in total. The normalized spacial score (nSPS) is 28.0. The van der Waals surface area contributed by atoms with Gasteiger partial charge >= 0.3 is 5.97 Å². The van der Waals surface area contributed by atoms with Crippen LogP contribution in [0.3, 0.4) is 0 Å². The van der Waals surface area contributed by atoms with Gasteiger partial charge in [0.25, 0.3) is 0 Å². The zero-order valence-electron chi connectivity index (χ0n) is 14.4. The van der Waals surface area contributed by atoms with Crippen LogP contribution in [0.2, 0.25) is 0 Å². The van der Waals surface area contributed by atoms with Gasteiger partial charge in [0, 0.05) is 26.2 Å². The van der Waals surface area contributed by atoms with E-state index in [-0.39, 0.29) is 36.5 Å². The minimum atomic E-state index is -0.615. The molecular weight excluding hydrogens is 330 g/mol. The Balaban J connectivity index is 0.00000288. The molecule has 5 nitrogen and oxygen atoms in total. The number of esters is 1. The van der Waals surface area contributed by atoms with Gasteiger partial charge in [0.15, 0.2) is 0 Å². The molecule has 1 aliphatic heterocycles. The lowest BCUT2D eigenvalue weighted by molar-refractivity contribution is -0.153. The standard InChI is InChI=1S/C18H27NO4.ClH/c1-13-15(12-14-6-4-3-5-7-14)17(9-10-21-2)22-11-8-16(19)18(20)23-13;/h3-7,13,15-17H,8-12,19H2,1-2H3;1H/t13-,15-,16-,17+;/m0./s1. The van der Waals surface area contributed by atoms with E-state index in [2.05, 4.69) is 12.1 Å². The van der Waals surface area contributed by atoms with Gasteiger partial charge in [-0.05, 0) is 31.7 Å². The van der Waals surface area contributed by atoms with Gasteiger partial charge in [0.1, 0.15) is 12.1 Å². The smallest absolute Gasteiger partial charge is 0.323 e. The van der Waals surface area contributed by atoms with Crippen molar-refractivity contribution in [3.63, 3.8) is 0 Å². The van der Waals surface area contributed by atoms with E-state index in [0.29, 0.717) is 19.6 Å². The van der Waals surface area contributed by atoms with Crippen molar-refractivity contribution < 1.29 is 19.0 Å². The first-order valence-electron chi connectivity index (χ1n) is 8.22. The lowest BCUT2D eigenvalue weighted by Crippen LogP contribution is -2.38. The average Bonchev–Trinajstić information content (AvgIpc) is 2.60. The molecule has 1 fully saturated rings. The van der Waals surface area contributed by atoms with Crippen LogP contribution in [-0.2, 0) is 25.4 Å². The molecule has 0 aliphatic carbocycles. The summed E-state index contributed by atoms with van der Waals surface area (Å²) in [5.74, 6) is -0.270. The number of methoxy groups -OCH3 is 1. The number of ether oxygens (including phenoxy) is 3. The Morgan fingerprint density at radius 1 is 1.29 bits per heavy atom. The van der Waals surface area contributed by atoms with Gasteiger partial charge in [0.2, 0.25) is 0 Å². The molecule has 1 aromatic rings. The summed E-state index contributed by atoms with van der Waals surface area (Å²) in [6.45, 7) is 3.00.